The van der Waals surface area contributed by atoms with Crippen LogP contribution in [0.15, 0.2) is 0 Å². The van der Waals surface area contributed by atoms with Crippen molar-refractivity contribution in [3.63, 3.8) is 0 Å². The number of nitrogens with one attached hydrogen (secondary N) is 1. The monoisotopic (exact) mass is 377 g/mol. The Morgan fingerprint density at radius 3 is 2.50 bits per heavy atom. The first-order valence-electron chi connectivity index (χ1n) is 8.90. The van der Waals surface area contributed by atoms with Crippen molar-refractivity contribution in [3.8, 4) is 0 Å². The molecule has 2 amide bonds. The maximum Gasteiger partial charge on any atom is 0.232 e. The van der Waals surface area contributed by atoms with Crippen LogP contribution in [-0.4, -0.2) is 72.4 Å². The molecule has 1 atom stereocenters. The number of carbonyl (C=O) groups is 2. The summed E-state index contributed by atoms with van der Waals surface area (Å²) in [5.41, 5.74) is 0. The molecule has 1 saturated heterocycles. The highest BCUT2D eigenvalue weighted by Gasteiger charge is 2.24. The first-order valence-corrected chi connectivity index (χ1v) is 10.1. The Hall–Kier alpha value is -0.460. The van der Waals surface area contributed by atoms with E-state index in [0.717, 1.165) is 38.8 Å². The molecule has 1 aliphatic heterocycles. The summed E-state index contributed by atoms with van der Waals surface area (Å²) < 4.78 is 0. The smallest absolute Gasteiger partial charge is 0.232 e. The van der Waals surface area contributed by atoms with E-state index in [-0.39, 0.29) is 24.2 Å². The Bertz CT molecular complexity index is 391. The number of hydrogen-bond acceptors (Lipinski definition) is 4. The Morgan fingerprint density at radius 1 is 1.12 bits per heavy atom. The fourth-order valence-corrected chi connectivity index (χ4v) is 4.37. The predicted octanol–water partition coefficient (Wildman–Crippen LogP) is 2.14. The molecule has 0 aromatic carbocycles. The molecular weight excluding hydrogens is 346 g/mol. The molecule has 24 heavy (non-hydrogen) atoms. The van der Waals surface area contributed by atoms with Gasteiger partial charge in [-0.1, -0.05) is 19.3 Å². The van der Waals surface area contributed by atoms with Gasteiger partial charge in [0.25, 0.3) is 0 Å². The second-order valence-corrected chi connectivity index (χ2v) is 7.74. The van der Waals surface area contributed by atoms with Crippen molar-refractivity contribution in [2.24, 2.45) is 0 Å². The lowest BCUT2D eigenvalue weighted by molar-refractivity contribution is -0.129. The van der Waals surface area contributed by atoms with Gasteiger partial charge in [0.15, 0.2) is 0 Å². The molecule has 0 radical (unpaired) electrons. The normalized spacial score (nSPS) is 21.9. The second kappa shape index (κ2) is 11.2. The SMILES string of the molecule is CNC1CCCN(C(=O)CSCC(=O)N(C)C2CCCCC2)C1.Cl. The molecule has 2 fully saturated rings. The van der Waals surface area contributed by atoms with Gasteiger partial charge < -0.3 is 15.1 Å². The van der Waals surface area contributed by atoms with Crippen LogP contribution in [0.3, 0.4) is 0 Å². The topological polar surface area (TPSA) is 52.7 Å². The molecule has 5 nitrogen and oxygen atoms in total. The predicted molar refractivity (Wildman–Crippen MR) is 103 cm³/mol. The van der Waals surface area contributed by atoms with Crippen molar-refractivity contribution in [2.75, 3.05) is 38.7 Å². The summed E-state index contributed by atoms with van der Waals surface area (Å²) in [6.45, 7) is 1.65. The van der Waals surface area contributed by atoms with Gasteiger partial charge in [0, 0.05) is 32.2 Å². The van der Waals surface area contributed by atoms with E-state index in [2.05, 4.69) is 5.32 Å². The first kappa shape index (κ1) is 21.6. The van der Waals surface area contributed by atoms with Crippen molar-refractivity contribution < 1.29 is 9.59 Å². The average molecular weight is 378 g/mol. The van der Waals surface area contributed by atoms with Crippen LogP contribution in [0.2, 0.25) is 0 Å². The van der Waals surface area contributed by atoms with Gasteiger partial charge in [0.05, 0.1) is 11.5 Å². The van der Waals surface area contributed by atoms with Gasteiger partial charge in [-0.15, -0.1) is 24.2 Å². The van der Waals surface area contributed by atoms with Crippen LogP contribution < -0.4 is 5.32 Å². The summed E-state index contributed by atoms with van der Waals surface area (Å²) in [5, 5.41) is 3.25. The van der Waals surface area contributed by atoms with E-state index in [1.54, 1.807) is 0 Å². The van der Waals surface area contributed by atoms with Crippen LogP contribution in [0, 0.1) is 0 Å². The number of hydrogen-bond donors (Lipinski definition) is 1. The summed E-state index contributed by atoms with van der Waals surface area (Å²) in [5.74, 6) is 1.17. The van der Waals surface area contributed by atoms with Crippen molar-refractivity contribution in [1.29, 1.82) is 0 Å². The Labute approximate surface area is 156 Å². The van der Waals surface area contributed by atoms with E-state index in [9.17, 15) is 9.59 Å². The molecule has 0 bridgehead atoms. The zero-order valence-electron chi connectivity index (χ0n) is 15.0. The minimum absolute atomic E-state index is 0. The zero-order chi connectivity index (χ0) is 16.7. The van der Waals surface area contributed by atoms with Crippen molar-refractivity contribution >= 4 is 36.0 Å². The van der Waals surface area contributed by atoms with Crippen LogP contribution in [0.4, 0.5) is 0 Å². The Balaban J connectivity index is 0.00000288. The highest BCUT2D eigenvalue weighted by molar-refractivity contribution is 8.00. The molecule has 2 aliphatic rings. The molecule has 1 N–H and O–H groups in total. The molecule has 1 aliphatic carbocycles. The fraction of sp³-hybridized carbons (Fsp3) is 0.882. The van der Waals surface area contributed by atoms with Crippen LogP contribution >= 0.6 is 24.2 Å². The van der Waals surface area contributed by atoms with Gasteiger partial charge in [-0.3, -0.25) is 9.59 Å². The quantitative estimate of drug-likeness (QED) is 0.770. The lowest BCUT2D eigenvalue weighted by atomic mass is 9.94. The van der Waals surface area contributed by atoms with Crippen LogP contribution in [0.25, 0.3) is 0 Å². The molecule has 7 heteroatoms. The number of rotatable bonds is 6. The molecule has 0 aromatic rings. The summed E-state index contributed by atoms with van der Waals surface area (Å²) in [7, 11) is 3.87. The van der Waals surface area contributed by atoms with Gasteiger partial charge in [0.2, 0.25) is 11.8 Å². The number of amides is 2. The van der Waals surface area contributed by atoms with Crippen molar-refractivity contribution in [2.45, 2.75) is 57.0 Å². The summed E-state index contributed by atoms with van der Waals surface area (Å²) in [6.07, 6.45) is 8.22. The maximum atomic E-state index is 12.3. The third kappa shape index (κ3) is 6.45. The molecule has 1 unspecified atom stereocenters. The third-order valence-corrected chi connectivity index (χ3v) is 6.05. The maximum absolute atomic E-state index is 12.3. The van der Waals surface area contributed by atoms with Gasteiger partial charge in [-0.2, -0.15) is 0 Å². The number of thioether (sulfide) groups is 1. The summed E-state index contributed by atoms with van der Waals surface area (Å²) in [4.78, 5) is 28.4. The molecule has 0 spiro atoms. The van der Waals surface area contributed by atoms with E-state index in [1.165, 1.54) is 31.0 Å². The fourth-order valence-electron chi connectivity index (χ4n) is 3.53. The molecule has 140 valence electrons. The molecule has 1 heterocycles. The number of halogens is 1. The third-order valence-electron chi connectivity index (χ3n) is 5.15. The van der Waals surface area contributed by atoms with Gasteiger partial charge in [0.1, 0.15) is 0 Å². The van der Waals surface area contributed by atoms with E-state index < -0.39 is 0 Å². The summed E-state index contributed by atoms with van der Waals surface area (Å²) >= 11 is 1.46. The molecular formula is C17H32ClN3O2S. The zero-order valence-corrected chi connectivity index (χ0v) is 16.6. The Morgan fingerprint density at radius 2 is 1.83 bits per heavy atom. The number of likely N-dealkylation sites (tertiary alicyclic amines) is 1. The second-order valence-electron chi connectivity index (χ2n) is 6.76. The average Bonchev–Trinajstić information content (AvgIpc) is 2.61. The number of likely N-dealkylation sites (N-methyl/N-ethyl adjacent to an activating group) is 1. The number of carbonyl (C=O) groups excluding carboxylic acids is 2. The molecule has 1 saturated carbocycles. The first-order chi connectivity index (χ1) is 11.1. The summed E-state index contributed by atoms with van der Waals surface area (Å²) in [6, 6.07) is 0.822. The number of piperidine rings is 1. The van der Waals surface area contributed by atoms with E-state index >= 15 is 0 Å². The Kier molecular flexibility index (Phi) is 10.1. The van der Waals surface area contributed by atoms with Crippen LogP contribution in [0.1, 0.15) is 44.9 Å². The van der Waals surface area contributed by atoms with E-state index in [1.807, 2.05) is 23.9 Å². The highest BCUT2D eigenvalue weighted by atomic mass is 35.5. The van der Waals surface area contributed by atoms with Crippen LogP contribution in [-0.2, 0) is 9.59 Å². The van der Waals surface area contributed by atoms with Gasteiger partial charge in [-0.05, 0) is 32.7 Å². The highest BCUT2D eigenvalue weighted by Crippen LogP contribution is 2.22. The lowest BCUT2D eigenvalue weighted by Gasteiger charge is -2.33. The van der Waals surface area contributed by atoms with Crippen molar-refractivity contribution in [1.82, 2.24) is 15.1 Å². The van der Waals surface area contributed by atoms with Gasteiger partial charge >= 0.3 is 0 Å². The van der Waals surface area contributed by atoms with Gasteiger partial charge in [-0.25, -0.2) is 0 Å². The van der Waals surface area contributed by atoms with Crippen molar-refractivity contribution in [3.05, 3.63) is 0 Å². The lowest BCUT2D eigenvalue weighted by Crippen LogP contribution is -2.47. The minimum atomic E-state index is 0. The minimum Gasteiger partial charge on any atom is -0.342 e. The molecule has 2 rings (SSSR count). The van der Waals surface area contributed by atoms with E-state index in [4.69, 9.17) is 0 Å². The number of nitrogens with zero attached hydrogens (tertiary/aromatic N) is 2. The van der Waals surface area contributed by atoms with E-state index in [0.29, 0.717) is 23.6 Å². The standard InChI is InChI=1S/C17H31N3O2S.ClH/c1-18-14-7-6-10-20(11-14)17(22)13-23-12-16(21)19(2)15-8-4-3-5-9-15;/h14-15,18H,3-13H2,1-2H3;1H. The van der Waals surface area contributed by atoms with Crippen LogP contribution in [0.5, 0.6) is 0 Å². The molecule has 0 aromatic heterocycles. The largest absolute Gasteiger partial charge is 0.342 e.